The summed E-state index contributed by atoms with van der Waals surface area (Å²) in [7, 11) is 3.96. The Bertz CT molecular complexity index is 624. The summed E-state index contributed by atoms with van der Waals surface area (Å²) in [5.74, 6) is -0.130. The van der Waals surface area contributed by atoms with Crippen LogP contribution in [0.3, 0.4) is 0 Å². The lowest BCUT2D eigenvalue weighted by Gasteiger charge is -2.35. The quantitative estimate of drug-likeness (QED) is 0.872. The summed E-state index contributed by atoms with van der Waals surface area (Å²) in [6.07, 6.45) is 3.62. The van der Waals surface area contributed by atoms with Gasteiger partial charge >= 0.3 is 0 Å². The van der Waals surface area contributed by atoms with Crippen molar-refractivity contribution in [3.63, 3.8) is 0 Å². The first kappa shape index (κ1) is 16.9. The maximum absolute atomic E-state index is 12.7. The highest BCUT2D eigenvalue weighted by molar-refractivity contribution is 6.00. The molecule has 1 saturated heterocycles. The van der Waals surface area contributed by atoms with Crippen molar-refractivity contribution in [2.24, 2.45) is 5.73 Å². The molecule has 2 amide bonds. The molecule has 1 heterocycles. The molecule has 3 rings (SSSR count). The fourth-order valence-corrected chi connectivity index (χ4v) is 3.14. The summed E-state index contributed by atoms with van der Waals surface area (Å²) in [5.41, 5.74) is 6.49. The van der Waals surface area contributed by atoms with E-state index in [1.807, 2.05) is 11.9 Å². The van der Waals surface area contributed by atoms with E-state index in [9.17, 15) is 9.59 Å². The van der Waals surface area contributed by atoms with E-state index in [1.165, 1.54) is 0 Å². The monoisotopic (exact) mass is 330 g/mol. The number of likely N-dealkylation sites (tertiary alicyclic amines) is 1. The highest BCUT2D eigenvalue weighted by Gasteiger charge is 2.45. The zero-order chi connectivity index (χ0) is 17.3. The number of hydrogen-bond donors (Lipinski definition) is 2. The standard InChI is InChI=1S/C18H26N4O2/c1-21-11-3-4-15(12-21)22(2)16(23)13-5-7-14(8-6-13)20-17(24)18(19)9-10-18/h5-8,15H,3-4,9-12,19H2,1-2H3,(H,20,24). The predicted octanol–water partition coefficient (Wildman–Crippen LogP) is 1.28. The molecule has 1 saturated carbocycles. The van der Waals surface area contributed by atoms with Gasteiger partial charge in [-0.15, -0.1) is 0 Å². The van der Waals surface area contributed by atoms with Crippen LogP contribution in [0.25, 0.3) is 0 Å². The van der Waals surface area contributed by atoms with E-state index in [4.69, 9.17) is 5.73 Å². The van der Waals surface area contributed by atoms with Crippen LogP contribution in [0.2, 0.25) is 0 Å². The van der Waals surface area contributed by atoms with Gasteiger partial charge in [0.25, 0.3) is 5.91 Å². The fraction of sp³-hybridized carbons (Fsp3) is 0.556. The van der Waals surface area contributed by atoms with Crippen LogP contribution in [-0.2, 0) is 4.79 Å². The number of nitrogens with one attached hydrogen (secondary N) is 1. The summed E-state index contributed by atoms with van der Waals surface area (Å²) in [4.78, 5) is 28.7. The Kier molecular flexibility index (Phi) is 4.60. The fourth-order valence-electron chi connectivity index (χ4n) is 3.14. The van der Waals surface area contributed by atoms with Crippen LogP contribution in [0, 0.1) is 0 Å². The highest BCUT2D eigenvalue weighted by atomic mass is 16.2. The molecular weight excluding hydrogens is 304 g/mol. The van der Waals surface area contributed by atoms with Gasteiger partial charge in [0.05, 0.1) is 5.54 Å². The van der Waals surface area contributed by atoms with Gasteiger partial charge in [0, 0.05) is 30.9 Å². The number of amides is 2. The molecule has 2 aliphatic rings. The first-order chi connectivity index (χ1) is 11.4. The van der Waals surface area contributed by atoms with E-state index in [0.717, 1.165) is 38.8 Å². The van der Waals surface area contributed by atoms with Crippen LogP contribution in [-0.4, -0.2) is 60.4 Å². The van der Waals surface area contributed by atoms with Crippen molar-refractivity contribution in [1.82, 2.24) is 9.80 Å². The molecule has 1 aliphatic carbocycles. The molecule has 6 nitrogen and oxygen atoms in total. The number of carbonyl (C=O) groups excluding carboxylic acids is 2. The Labute approximate surface area is 143 Å². The van der Waals surface area contributed by atoms with Crippen LogP contribution in [0.5, 0.6) is 0 Å². The summed E-state index contributed by atoms with van der Waals surface area (Å²) >= 11 is 0. The number of nitrogens with two attached hydrogens (primary N) is 1. The summed E-state index contributed by atoms with van der Waals surface area (Å²) < 4.78 is 0. The molecule has 2 fully saturated rings. The Hall–Kier alpha value is -1.92. The minimum absolute atomic E-state index is 0.0191. The second kappa shape index (κ2) is 6.53. The van der Waals surface area contributed by atoms with Crippen molar-refractivity contribution in [3.8, 4) is 0 Å². The van der Waals surface area contributed by atoms with Gasteiger partial charge in [-0.05, 0) is 63.5 Å². The van der Waals surface area contributed by atoms with Crippen molar-refractivity contribution < 1.29 is 9.59 Å². The van der Waals surface area contributed by atoms with Gasteiger partial charge in [-0.3, -0.25) is 9.59 Å². The molecule has 1 aromatic carbocycles. The molecule has 0 spiro atoms. The van der Waals surface area contributed by atoms with E-state index in [2.05, 4.69) is 17.3 Å². The van der Waals surface area contributed by atoms with Gasteiger partial charge < -0.3 is 20.9 Å². The Morgan fingerprint density at radius 2 is 1.96 bits per heavy atom. The van der Waals surface area contributed by atoms with Gasteiger partial charge in [0.15, 0.2) is 0 Å². The molecule has 1 unspecified atom stereocenters. The SMILES string of the molecule is CN1CCCC(N(C)C(=O)c2ccc(NC(=O)C3(N)CC3)cc2)C1. The topological polar surface area (TPSA) is 78.7 Å². The lowest BCUT2D eigenvalue weighted by Crippen LogP contribution is -2.47. The predicted molar refractivity (Wildman–Crippen MR) is 93.8 cm³/mol. The zero-order valence-corrected chi connectivity index (χ0v) is 14.4. The van der Waals surface area contributed by atoms with E-state index < -0.39 is 5.54 Å². The first-order valence-electron chi connectivity index (χ1n) is 8.55. The molecule has 3 N–H and O–H groups in total. The van der Waals surface area contributed by atoms with Crippen molar-refractivity contribution >= 4 is 17.5 Å². The second-order valence-corrected chi connectivity index (χ2v) is 7.16. The largest absolute Gasteiger partial charge is 0.337 e. The van der Waals surface area contributed by atoms with Crippen LogP contribution < -0.4 is 11.1 Å². The van der Waals surface area contributed by atoms with Crippen molar-refractivity contribution in [3.05, 3.63) is 29.8 Å². The molecular formula is C18H26N4O2. The van der Waals surface area contributed by atoms with Crippen molar-refractivity contribution in [2.75, 3.05) is 32.5 Å². The lowest BCUT2D eigenvalue weighted by molar-refractivity contribution is -0.118. The average Bonchev–Trinajstić information content (AvgIpc) is 3.33. The van der Waals surface area contributed by atoms with E-state index in [-0.39, 0.29) is 17.9 Å². The van der Waals surface area contributed by atoms with Gasteiger partial charge in [0.2, 0.25) is 5.91 Å². The zero-order valence-electron chi connectivity index (χ0n) is 14.4. The lowest BCUT2D eigenvalue weighted by atomic mass is 10.0. The molecule has 24 heavy (non-hydrogen) atoms. The number of rotatable bonds is 4. The van der Waals surface area contributed by atoms with Crippen LogP contribution in [0.15, 0.2) is 24.3 Å². The average molecular weight is 330 g/mol. The normalized spacial score (nSPS) is 22.7. The molecule has 1 atom stereocenters. The van der Waals surface area contributed by atoms with Gasteiger partial charge in [0.1, 0.15) is 0 Å². The maximum atomic E-state index is 12.7. The molecule has 0 bridgehead atoms. The number of anilines is 1. The number of benzene rings is 1. The van der Waals surface area contributed by atoms with E-state index >= 15 is 0 Å². The van der Waals surface area contributed by atoms with Crippen molar-refractivity contribution in [2.45, 2.75) is 37.3 Å². The Balaban J connectivity index is 1.62. The summed E-state index contributed by atoms with van der Waals surface area (Å²) in [6.45, 7) is 2.00. The Morgan fingerprint density at radius 3 is 2.54 bits per heavy atom. The first-order valence-corrected chi connectivity index (χ1v) is 8.55. The molecule has 1 aromatic rings. The molecule has 1 aliphatic heterocycles. The molecule has 0 radical (unpaired) electrons. The number of piperidine rings is 1. The minimum atomic E-state index is -0.693. The van der Waals surface area contributed by atoms with E-state index in [1.54, 1.807) is 24.3 Å². The smallest absolute Gasteiger partial charge is 0.253 e. The highest BCUT2D eigenvalue weighted by Crippen LogP contribution is 2.33. The maximum Gasteiger partial charge on any atom is 0.253 e. The van der Waals surface area contributed by atoms with Gasteiger partial charge in [-0.25, -0.2) is 0 Å². The summed E-state index contributed by atoms with van der Waals surface area (Å²) in [6, 6.07) is 7.30. The van der Waals surface area contributed by atoms with Crippen LogP contribution in [0.4, 0.5) is 5.69 Å². The third-order valence-corrected chi connectivity index (χ3v) is 5.10. The van der Waals surface area contributed by atoms with Gasteiger partial charge in [-0.2, -0.15) is 0 Å². The van der Waals surface area contributed by atoms with Crippen molar-refractivity contribution in [1.29, 1.82) is 0 Å². The third kappa shape index (κ3) is 3.60. The Morgan fingerprint density at radius 1 is 1.29 bits per heavy atom. The van der Waals surface area contributed by atoms with Crippen LogP contribution in [0.1, 0.15) is 36.0 Å². The molecule has 130 valence electrons. The van der Waals surface area contributed by atoms with Gasteiger partial charge in [-0.1, -0.05) is 0 Å². The second-order valence-electron chi connectivity index (χ2n) is 7.16. The molecule has 6 heteroatoms. The summed E-state index contributed by atoms with van der Waals surface area (Å²) in [5, 5.41) is 2.81. The number of carbonyl (C=O) groups is 2. The van der Waals surface area contributed by atoms with E-state index in [0.29, 0.717) is 11.3 Å². The number of likely N-dealkylation sites (N-methyl/N-ethyl adjacent to an activating group) is 2. The van der Waals surface area contributed by atoms with Crippen LogP contribution >= 0.6 is 0 Å². The third-order valence-electron chi connectivity index (χ3n) is 5.10. The molecule has 0 aromatic heterocycles. The minimum Gasteiger partial charge on any atom is -0.337 e. The number of nitrogens with zero attached hydrogens (tertiary/aromatic N) is 2. The number of hydrogen-bond acceptors (Lipinski definition) is 4.